The van der Waals surface area contributed by atoms with E-state index in [0.717, 1.165) is 0 Å². The third-order valence-electron chi connectivity index (χ3n) is 7.65. The van der Waals surface area contributed by atoms with Gasteiger partial charge >= 0.3 is 11.9 Å². The standard InChI is InChI=1S/C37H50N8O9/c1-8-44-28(20-24(3)41-44)34(48)40-36-39-27-22-26(33(38)47)23-30(52-19-18-51-17-16-50-15-12-31(46)54-37(5,6)7)32(27)43(36)13-10-11-14-53-35(49)29-21-25(4)42-45(29)9-2/h10-11,20-23H,8-9,12-19H2,1-7H3,(H2,38,47)(H,39,40,48)/b11-10+. The van der Waals surface area contributed by atoms with Crippen LogP contribution in [0.1, 0.15) is 83.8 Å². The quantitative estimate of drug-likeness (QED) is 0.0747. The Morgan fingerprint density at radius 3 is 2.13 bits per heavy atom. The molecule has 0 bridgehead atoms. The first-order valence-corrected chi connectivity index (χ1v) is 17.8. The molecule has 0 aliphatic carbocycles. The number of aryl methyl sites for hydroxylation is 4. The molecule has 0 saturated heterocycles. The maximum atomic E-state index is 13.5. The summed E-state index contributed by atoms with van der Waals surface area (Å²) in [4.78, 5) is 55.0. The molecule has 0 atom stereocenters. The van der Waals surface area contributed by atoms with Gasteiger partial charge in [-0.25, -0.2) is 9.78 Å². The van der Waals surface area contributed by atoms with Crippen LogP contribution in [-0.2, 0) is 43.4 Å². The van der Waals surface area contributed by atoms with E-state index in [4.69, 9.17) is 29.4 Å². The first-order valence-electron chi connectivity index (χ1n) is 17.8. The molecule has 17 nitrogen and oxygen atoms in total. The number of hydrogen-bond acceptors (Lipinski definition) is 12. The minimum absolute atomic E-state index is 0.0205. The van der Waals surface area contributed by atoms with Gasteiger partial charge in [0.05, 0.1) is 49.8 Å². The first kappa shape index (κ1) is 41.2. The van der Waals surface area contributed by atoms with Crippen LogP contribution in [0.15, 0.2) is 36.4 Å². The largest absolute Gasteiger partial charge is 0.489 e. The zero-order valence-electron chi connectivity index (χ0n) is 32.0. The van der Waals surface area contributed by atoms with Crippen molar-refractivity contribution < 1.29 is 42.9 Å². The maximum absolute atomic E-state index is 13.5. The third-order valence-corrected chi connectivity index (χ3v) is 7.65. The van der Waals surface area contributed by atoms with Gasteiger partial charge in [0.2, 0.25) is 11.9 Å². The summed E-state index contributed by atoms with van der Waals surface area (Å²) >= 11 is 0. The number of carbonyl (C=O) groups is 4. The zero-order chi connectivity index (χ0) is 39.4. The Morgan fingerprint density at radius 2 is 1.48 bits per heavy atom. The van der Waals surface area contributed by atoms with Crippen molar-refractivity contribution in [2.75, 3.05) is 45.0 Å². The highest BCUT2D eigenvalue weighted by Crippen LogP contribution is 2.31. The van der Waals surface area contributed by atoms with Crippen molar-refractivity contribution in [1.29, 1.82) is 0 Å². The van der Waals surface area contributed by atoms with E-state index in [1.54, 1.807) is 72.8 Å². The average molecular weight is 751 g/mol. The van der Waals surface area contributed by atoms with Crippen LogP contribution in [0.3, 0.4) is 0 Å². The van der Waals surface area contributed by atoms with Crippen LogP contribution in [-0.4, -0.2) is 98.1 Å². The van der Waals surface area contributed by atoms with Crippen molar-refractivity contribution in [1.82, 2.24) is 29.1 Å². The summed E-state index contributed by atoms with van der Waals surface area (Å²) in [7, 11) is 0. The third kappa shape index (κ3) is 11.5. The highest BCUT2D eigenvalue weighted by Gasteiger charge is 2.22. The SMILES string of the molecule is CCn1nc(C)cc1C(=O)Nc1nc2cc(C(N)=O)cc(OCCOCCOCCC(=O)OC(C)(C)C)c2n1C/C=C/COC(=O)c1cc(C)nn1CC. The van der Waals surface area contributed by atoms with Gasteiger partial charge in [-0.1, -0.05) is 6.08 Å². The Morgan fingerprint density at radius 1 is 0.852 bits per heavy atom. The maximum Gasteiger partial charge on any atom is 0.356 e. The van der Waals surface area contributed by atoms with Gasteiger partial charge in [0.25, 0.3) is 5.91 Å². The molecule has 0 aliphatic rings. The van der Waals surface area contributed by atoms with Gasteiger partial charge in [0.15, 0.2) is 0 Å². The van der Waals surface area contributed by atoms with Crippen LogP contribution in [0.4, 0.5) is 5.95 Å². The number of esters is 2. The van der Waals surface area contributed by atoms with Crippen LogP contribution in [0.25, 0.3) is 11.0 Å². The second-order valence-electron chi connectivity index (χ2n) is 13.2. The lowest BCUT2D eigenvalue weighted by atomic mass is 10.1. The summed E-state index contributed by atoms with van der Waals surface area (Å²) in [5.74, 6) is -1.51. The first-order chi connectivity index (χ1) is 25.7. The molecule has 3 N–H and O–H groups in total. The van der Waals surface area contributed by atoms with Crippen molar-refractivity contribution in [2.24, 2.45) is 5.73 Å². The lowest BCUT2D eigenvalue weighted by Crippen LogP contribution is -2.24. The minimum atomic E-state index is -0.690. The topological polar surface area (TPSA) is 206 Å². The number of ether oxygens (including phenoxy) is 5. The average Bonchev–Trinajstić information content (AvgIpc) is 3.79. The number of nitrogens with two attached hydrogens (primary N) is 1. The lowest BCUT2D eigenvalue weighted by Gasteiger charge is -2.19. The molecule has 0 unspecified atom stereocenters. The molecule has 0 spiro atoms. The molecule has 4 aromatic rings. The van der Waals surface area contributed by atoms with Crippen molar-refractivity contribution >= 4 is 40.7 Å². The molecule has 0 fully saturated rings. The number of benzene rings is 1. The molecule has 3 aromatic heterocycles. The molecule has 0 radical (unpaired) electrons. The molecule has 1 aromatic carbocycles. The number of allylic oxidation sites excluding steroid dienone is 1. The van der Waals surface area contributed by atoms with Gasteiger partial charge in [-0.3, -0.25) is 29.1 Å². The molecule has 0 aliphatic heterocycles. The van der Waals surface area contributed by atoms with Crippen molar-refractivity contribution in [3.8, 4) is 5.75 Å². The predicted octanol–water partition coefficient (Wildman–Crippen LogP) is 3.99. The smallest absolute Gasteiger partial charge is 0.356 e. The molecular weight excluding hydrogens is 700 g/mol. The Kier molecular flexibility index (Phi) is 14.5. The second kappa shape index (κ2) is 19.0. The number of fused-ring (bicyclic) bond motifs is 1. The predicted molar refractivity (Wildman–Crippen MR) is 198 cm³/mol. The summed E-state index contributed by atoms with van der Waals surface area (Å²) in [6, 6.07) is 6.38. The number of nitrogens with zero attached hydrogens (tertiary/aromatic N) is 6. The van der Waals surface area contributed by atoms with Crippen LogP contribution in [0, 0.1) is 13.8 Å². The minimum Gasteiger partial charge on any atom is -0.489 e. The number of carbonyl (C=O) groups excluding carboxylic acids is 4. The van der Waals surface area contributed by atoms with E-state index in [9.17, 15) is 19.2 Å². The highest BCUT2D eigenvalue weighted by molar-refractivity contribution is 6.04. The normalized spacial score (nSPS) is 11.7. The van der Waals surface area contributed by atoms with Gasteiger partial charge < -0.3 is 34.0 Å². The molecule has 292 valence electrons. The van der Waals surface area contributed by atoms with Gasteiger partial charge in [0.1, 0.15) is 41.5 Å². The van der Waals surface area contributed by atoms with Crippen LogP contribution >= 0.6 is 0 Å². The molecule has 4 rings (SSSR count). The molecule has 54 heavy (non-hydrogen) atoms. The van der Waals surface area contributed by atoms with E-state index in [0.29, 0.717) is 46.9 Å². The van der Waals surface area contributed by atoms with Crippen LogP contribution < -0.4 is 15.8 Å². The van der Waals surface area contributed by atoms with E-state index >= 15 is 0 Å². The second-order valence-corrected chi connectivity index (χ2v) is 13.2. The van der Waals surface area contributed by atoms with Crippen LogP contribution in [0.2, 0.25) is 0 Å². The Balaban J connectivity index is 1.49. The van der Waals surface area contributed by atoms with Crippen molar-refractivity contribution in [3.63, 3.8) is 0 Å². The summed E-state index contributed by atoms with van der Waals surface area (Å²) in [6.45, 7) is 14.9. The van der Waals surface area contributed by atoms with E-state index in [1.807, 2.05) is 13.8 Å². The number of primary amides is 1. The van der Waals surface area contributed by atoms with Gasteiger partial charge in [-0.05, 0) is 78.8 Å². The number of amides is 2. The number of aromatic nitrogens is 6. The Hall–Kier alpha value is -5.55. The summed E-state index contributed by atoms with van der Waals surface area (Å²) in [5.41, 5.74) is 8.18. The molecule has 17 heteroatoms. The Labute approximate surface area is 313 Å². The summed E-state index contributed by atoms with van der Waals surface area (Å²) < 4.78 is 32.8. The van der Waals surface area contributed by atoms with Crippen molar-refractivity contribution in [3.05, 3.63) is 64.8 Å². The molecule has 0 saturated carbocycles. The number of nitrogens with one attached hydrogen (secondary N) is 1. The van der Waals surface area contributed by atoms with E-state index < -0.39 is 23.4 Å². The van der Waals surface area contributed by atoms with Crippen LogP contribution in [0.5, 0.6) is 5.75 Å². The number of hydrogen-bond donors (Lipinski definition) is 2. The van der Waals surface area contributed by atoms with Gasteiger partial charge in [0, 0.05) is 25.2 Å². The molecule has 3 heterocycles. The highest BCUT2D eigenvalue weighted by atomic mass is 16.6. The monoisotopic (exact) mass is 750 g/mol. The molecular formula is C37H50N8O9. The number of anilines is 1. The zero-order valence-corrected chi connectivity index (χ0v) is 32.0. The lowest BCUT2D eigenvalue weighted by molar-refractivity contribution is -0.156. The van der Waals surface area contributed by atoms with Gasteiger partial charge in [-0.15, -0.1) is 0 Å². The van der Waals surface area contributed by atoms with E-state index in [1.165, 1.54) is 12.1 Å². The van der Waals surface area contributed by atoms with Crippen molar-refractivity contribution in [2.45, 2.75) is 80.1 Å². The fourth-order valence-corrected chi connectivity index (χ4v) is 5.37. The fourth-order valence-electron chi connectivity index (χ4n) is 5.37. The molecule has 2 amide bonds. The fraction of sp³-hybridized carbons (Fsp3) is 0.486. The Bertz CT molecular complexity index is 1970. The summed E-state index contributed by atoms with van der Waals surface area (Å²) in [6.07, 6.45) is 3.56. The van der Waals surface area contributed by atoms with Gasteiger partial charge in [-0.2, -0.15) is 10.2 Å². The number of imidazole rings is 1. The van der Waals surface area contributed by atoms with E-state index in [2.05, 4.69) is 20.5 Å². The summed E-state index contributed by atoms with van der Waals surface area (Å²) in [5, 5.41) is 11.5. The number of rotatable bonds is 20. The van der Waals surface area contributed by atoms with E-state index in [-0.39, 0.29) is 75.8 Å².